The molecule has 0 bridgehead atoms. The van der Waals surface area contributed by atoms with E-state index in [1.165, 1.54) is 12.3 Å². The first-order valence-electron chi connectivity index (χ1n) is 2.96. The van der Waals surface area contributed by atoms with E-state index >= 15 is 0 Å². The summed E-state index contributed by atoms with van der Waals surface area (Å²) < 4.78 is 12.1. The molecule has 0 aromatic rings. The van der Waals surface area contributed by atoms with Crippen molar-refractivity contribution in [2.75, 3.05) is 0 Å². The fourth-order valence-electron chi connectivity index (χ4n) is 0.713. The molecule has 10 heavy (non-hydrogen) atoms. The number of halogens is 1. The highest BCUT2D eigenvalue weighted by molar-refractivity contribution is 6.47. The lowest BCUT2D eigenvalue weighted by Crippen LogP contribution is -2.22. The molecule has 0 saturated carbocycles. The summed E-state index contributed by atoms with van der Waals surface area (Å²) in [6.45, 7) is 0. The molecular formula is C5H7BFNO2. The quantitative estimate of drug-likeness (QED) is 0.404. The van der Waals surface area contributed by atoms with Gasteiger partial charge < -0.3 is 10.0 Å². The molecule has 3 nitrogen and oxygen atoms in total. The molecule has 1 rings (SSSR count). The van der Waals surface area contributed by atoms with Crippen LogP contribution in [0.25, 0.3) is 0 Å². The van der Waals surface area contributed by atoms with Gasteiger partial charge in [-0.2, -0.15) is 4.39 Å². The van der Waals surface area contributed by atoms with Crippen molar-refractivity contribution in [1.82, 2.24) is 0 Å². The van der Waals surface area contributed by atoms with Gasteiger partial charge in [0.05, 0.1) is 0 Å². The summed E-state index contributed by atoms with van der Waals surface area (Å²) in [5.74, 6) is -1.02. The lowest BCUT2D eigenvalue weighted by atomic mass is 9.71. The maximum Gasteiger partial charge on any atom is 0.460 e. The van der Waals surface area contributed by atoms with Crippen LogP contribution in [0.4, 0.5) is 4.39 Å². The molecule has 2 N–H and O–H groups in total. The Labute approximate surface area is 58.0 Å². The Morgan fingerprint density at radius 2 is 2.40 bits per heavy atom. The van der Waals surface area contributed by atoms with Crippen LogP contribution in [-0.4, -0.2) is 23.4 Å². The van der Waals surface area contributed by atoms with Crippen LogP contribution < -0.4 is 0 Å². The molecule has 1 aliphatic rings. The highest BCUT2D eigenvalue weighted by Crippen LogP contribution is 2.18. The number of aliphatic imine (C=N–C) groups is 1. The average molecular weight is 143 g/mol. The van der Waals surface area contributed by atoms with Gasteiger partial charge in [-0.05, 0) is 12.5 Å². The zero-order valence-corrected chi connectivity index (χ0v) is 5.24. The summed E-state index contributed by atoms with van der Waals surface area (Å²) in [5, 5.41) is 17.2. The molecule has 0 amide bonds. The van der Waals surface area contributed by atoms with E-state index in [0.717, 1.165) is 0 Å². The van der Waals surface area contributed by atoms with Gasteiger partial charge in [0.15, 0.2) is 0 Å². The normalized spacial score (nSPS) is 24.3. The third-order valence-corrected chi connectivity index (χ3v) is 1.33. The molecule has 0 fully saturated rings. The predicted molar refractivity (Wildman–Crippen MR) is 36.2 cm³/mol. The average Bonchev–Trinajstić information content (AvgIpc) is 1.88. The Balaban J connectivity index is 2.52. The molecular weight excluding hydrogens is 136 g/mol. The maximum atomic E-state index is 12.1. The van der Waals surface area contributed by atoms with Gasteiger partial charge in [-0.1, -0.05) is 0 Å². The fraction of sp³-hybridized carbons (Fsp3) is 0.400. The highest BCUT2D eigenvalue weighted by Gasteiger charge is 2.22. The van der Waals surface area contributed by atoms with Gasteiger partial charge in [0.2, 0.25) is 5.95 Å². The Morgan fingerprint density at radius 1 is 1.70 bits per heavy atom. The summed E-state index contributed by atoms with van der Waals surface area (Å²) >= 11 is 0. The topological polar surface area (TPSA) is 52.8 Å². The third kappa shape index (κ3) is 1.65. The van der Waals surface area contributed by atoms with Crippen molar-refractivity contribution in [3.05, 3.63) is 12.0 Å². The first-order chi connectivity index (χ1) is 4.70. The Hall–Kier alpha value is -0.675. The van der Waals surface area contributed by atoms with E-state index in [2.05, 4.69) is 4.99 Å². The van der Waals surface area contributed by atoms with Crippen LogP contribution in [0.5, 0.6) is 0 Å². The van der Waals surface area contributed by atoms with Gasteiger partial charge in [0, 0.05) is 12.0 Å². The number of allylic oxidation sites excluding steroid dienone is 1. The first-order valence-corrected chi connectivity index (χ1v) is 2.96. The van der Waals surface area contributed by atoms with Crippen molar-refractivity contribution in [1.29, 1.82) is 0 Å². The van der Waals surface area contributed by atoms with E-state index in [0.29, 0.717) is 6.42 Å². The number of hydrogen-bond donors (Lipinski definition) is 2. The van der Waals surface area contributed by atoms with Crippen molar-refractivity contribution in [2.24, 2.45) is 4.99 Å². The molecule has 1 unspecified atom stereocenters. The minimum absolute atomic E-state index is 0.299. The van der Waals surface area contributed by atoms with Gasteiger partial charge >= 0.3 is 7.12 Å². The molecule has 5 heteroatoms. The molecule has 0 aromatic heterocycles. The van der Waals surface area contributed by atoms with E-state index in [1.54, 1.807) is 0 Å². The SMILES string of the molecule is OB(O)C1C=NC(F)=CC1. The fourth-order valence-corrected chi connectivity index (χ4v) is 0.713. The Kier molecular flexibility index (Phi) is 2.19. The summed E-state index contributed by atoms with van der Waals surface area (Å²) in [4.78, 5) is 3.28. The van der Waals surface area contributed by atoms with Gasteiger partial charge in [-0.3, -0.25) is 0 Å². The predicted octanol–water partition coefficient (Wildman–Crippen LogP) is 0.115. The Bertz CT molecular complexity index is 180. The van der Waals surface area contributed by atoms with Crippen molar-refractivity contribution in [3.63, 3.8) is 0 Å². The lowest BCUT2D eigenvalue weighted by molar-refractivity contribution is 0.397. The van der Waals surface area contributed by atoms with Gasteiger partial charge in [-0.15, -0.1) is 0 Å². The summed E-state index contributed by atoms with van der Waals surface area (Å²) in [5.41, 5.74) is 0. The first kappa shape index (κ1) is 7.43. The number of hydrogen-bond acceptors (Lipinski definition) is 3. The van der Waals surface area contributed by atoms with E-state index in [9.17, 15) is 4.39 Å². The molecule has 1 atom stereocenters. The minimum atomic E-state index is -1.44. The van der Waals surface area contributed by atoms with Crippen molar-refractivity contribution in [3.8, 4) is 0 Å². The van der Waals surface area contributed by atoms with Crippen LogP contribution in [0, 0.1) is 0 Å². The smallest absolute Gasteiger partial charge is 0.427 e. The molecule has 1 aliphatic heterocycles. The zero-order valence-electron chi connectivity index (χ0n) is 5.24. The van der Waals surface area contributed by atoms with Crippen LogP contribution in [0.2, 0.25) is 5.82 Å². The van der Waals surface area contributed by atoms with Gasteiger partial charge in [-0.25, -0.2) is 4.99 Å². The Morgan fingerprint density at radius 3 is 2.80 bits per heavy atom. The second kappa shape index (κ2) is 2.94. The van der Waals surface area contributed by atoms with Crippen LogP contribution in [0.15, 0.2) is 17.0 Å². The van der Waals surface area contributed by atoms with Crippen LogP contribution in [0.3, 0.4) is 0 Å². The maximum absolute atomic E-state index is 12.1. The molecule has 0 spiro atoms. The summed E-state index contributed by atoms with van der Waals surface area (Å²) in [6.07, 6.45) is 2.73. The van der Waals surface area contributed by atoms with Crippen LogP contribution in [0.1, 0.15) is 6.42 Å². The van der Waals surface area contributed by atoms with Crippen molar-refractivity contribution in [2.45, 2.75) is 12.2 Å². The zero-order chi connectivity index (χ0) is 7.56. The van der Waals surface area contributed by atoms with E-state index in [1.807, 2.05) is 0 Å². The summed E-state index contributed by atoms with van der Waals surface area (Å²) in [7, 11) is -1.44. The standard InChI is InChI=1S/C5H7BFNO2/c7-5-2-1-4(3-8-5)6(9)10/h2-4,9-10H,1H2. The monoisotopic (exact) mass is 143 g/mol. The number of rotatable bonds is 1. The molecule has 0 radical (unpaired) electrons. The highest BCUT2D eigenvalue weighted by atomic mass is 19.1. The van der Waals surface area contributed by atoms with E-state index < -0.39 is 18.9 Å². The van der Waals surface area contributed by atoms with E-state index in [4.69, 9.17) is 10.0 Å². The van der Waals surface area contributed by atoms with Gasteiger partial charge in [0.25, 0.3) is 0 Å². The van der Waals surface area contributed by atoms with Gasteiger partial charge in [0.1, 0.15) is 0 Å². The third-order valence-electron chi connectivity index (χ3n) is 1.33. The number of nitrogens with zero attached hydrogens (tertiary/aromatic N) is 1. The second-order valence-corrected chi connectivity index (χ2v) is 2.12. The molecule has 54 valence electrons. The molecule has 0 aliphatic carbocycles. The van der Waals surface area contributed by atoms with Crippen molar-refractivity contribution >= 4 is 13.3 Å². The minimum Gasteiger partial charge on any atom is -0.427 e. The van der Waals surface area contributed by atoms with Crippen LogP contribution in [-0.2, 0) is 0 Å². The molecule has 1 heterocycles. The largest absolute Gasteiger partial charge is 0.460 e. The molecule has 0 aromatic carbocycles. The van der Waals surface area contributed by atoms with E-state index in [-0.39, 0.29) is 0 Å². The van der Waals surface area contributed by atoms with Crippen LogP contribution >= 0.6 is 0 Å². The summed E-state index contributed by atoms with van der Waals surface area (Å²) in [6, 6.07) is 0. The van der Waals surface area contributed by atoms with Crippen molar-refractivity contribution < 1.29 is 14.4 Å². The second-order valence-electron chi connectivity index (χ2n) is 2.12. The molecule has 0 saturated heterocycles. The lowest BCUT2D eigenvalue weighted by Gasteiger charge is -2.09.